The molecule has 1 aromatic heterocycles. The van der Waals surface area contributed by atoms with Crippen LogP contribution in [-0.4, -0.2) is 60.4 Å². The van der Waals surface area contributed by atoms with Crippen molar-refractivity contribution in [3.05, 3.63) is 47.9 Å². The SMILES string of the molecule is CN1CCN(c2cc(C(=O)NCc3ccccc3OC(F)(F)F)ncn2)CC1. The van der Waals surface area contributed by atoms with Gasteiger partial charge in [0.2, 0.25) is 0 Å². The molecule has 1 saturated heterocycles. The highest BCUT2D eigenvalue weighted by Gasteiger charge is 2.32. The van der Waals surface area contributed by atoms with Gasteiger partial charge in [0.15, 0.2) is 0 Å². The average Bonchev–Trinajstić information content (AvgIpc) is 2.66. The molecule has 0 spiro atoms. The smallest absolute Gasteiger partial charge is 0.405 e. The zero-order valence-electron chi connectivity index (χ0n) is 15.2. The van der Waals surface area contributed by atoms with E-state index in [9.17, 15) is 18.0 Å². The zero-order valence-corrected chi connectivity index (χ0v) is 15.2. The van der Waals surface area contributed by atoms with E-state index in [-0.39, 0.29) is 23.6 Å². The van der Waals surface area contributed by atoms with Crippen molar-refractivity contribution in [2.45, 2.75) is 12.9 Å². The Hall–Kier alpha value is -2.88. The van der Waals surface area contributed by atoms with E-state index in [0.29, 0.717) is 5.82 Å². The van der Waals surface area contributed by atoms with Crippen molar-refractivity contribution >= 4 is 11.7 Å². The van der Waals surface area contributed by atoms with Crippen LogP contribution in [0, 0.1) is 0 Å². The summed E-state index contributed by atoms with van der Waals surface area (Å²) >= 11 is 0. The van der Waals surface area contributed by atoms with Crippen LogP contribution in [0.4, 0.5) is 19.0 Å². The van der Waals surface area contributed by atoms with Crippen molar-refractivity contribution < 1.29 is 22.7 Å². The second-order valence-corrected chi connectivity index (χ2v) is 6.39. The van der Waals surface area contributed by atoms with Crippen LogP contribution in [0.25, 0.3) is 0 Å². The first-order chi connectivity index (χ1) is 13.3. The van der Waals surface area contributed by atoms with Crippen LogP contribution < -0.4 is 15.0 Å². The topological polar surface area (TPSA) is 70.6 Å². The molecule has 2 aromatic rings. The van der Waals surface area contributed by atoms with E-state index in [1.54, 1.807) is 12.1 Å². The molecular formula is C18H20F3N5O2. The molecule has 7 nitrogen and oxygen atoms in total. The predicted octanol–water partition coefficient (Wildman–Crippen LogP) is 2.06. The van der Waals surface area contributed by atoms with Crippen molar-refractivity contribution in [1.82, 2.24) is 20.2 Å². The lowest BCUT2D eigenvalue weighted by atomic mass is 10.2. The van der Waals surface area contributed by atoms with E-state index in [1.165, 1.54) is 24.5 Å². The fraction of sp³-hybridized carbons (Fsp3) is 0.389. The van der Waals surface area contributed by atoms with E-state index in [0.717, 1.165) is 26.2 Å². The number of aromatic nitrogens is 2. The van der Waals surface area contributed by atoms with E-state index in [4.69, 9.17) is 0 Å². The molecule has 0 radical (unpaired) electrons. The Morgan fingerprint density at radius 1 is 1.18 bits per heavy atom. The van der Waals surface area contributed by atoms with Crippen LogP contribution in [-0.2, 0) is 6.54 Å². The van der Waals surface area contributed by atoms with Crippen LogP contribution in [0.15, 0.2) is 36.7 Å². The highest BCUT2D eigenvalue weighted by Crippen LogP contribution is 2.26. The fourth-order valence-electron chi connectivity index (χ4n) is 2.82. The summed E-state index contributed by atoms with van der Waals surface area (Å²) in [6.07, 6.45) is -3.49. The lowest BCUT2D eigenvalue weighted by Gasteiger charge is -2.33. The Balaban J connectivity index is 1.65. The Labute approximate surface area is 160 Å². The van der Waals surface area contributed by atoms with Crippen molar-refractivity contribution in [2.75, 3.05) is 38.1 Å². The molecule has 0 saturated carbocycles. The maximum Gasteiger partial charge on any atom is 0.573 e. The van der Waals surface area contributed by atoms with Crippen LogP contribution >= 0.6 is 0 Å². The third-order valence-corrected chi connectivity index (χ3v) is 4.35. The summed E-state index contributed by atoms with van der Waals surface area (Å²) in [4.78, 5) is 24.9. The van der Waals surface area contributed by atoms with Crippen molar-refractivity contribution in [3.63, 3.8) is 0 Å². The highest BCUT2D eigenvalue weighted by molar-refractivity contribution is 5.92. The average molecular weight is 395 g/mol. The summed E-state index contributed by atoms with van der Waals surface area (Å²) in [5, 5.41) is 2.58. The number of alkyl halides is 3. The summed E-state index contributed by atoms with van der Waals surface area (Å²) in [7, 11) is 2.04. The summed E-state index contributed by atoms with van der Waals surface area (Å²) < 4.78 is 41.5. The predicted molar refractivity (Wildman–Crippen MR) is 96.0 cm³/mol. The van der Waals surface area contributed by atoms with Crippen LogP contribution in [0.1, 0.15) is 16.1 Å². The molecule has 0 unspecified atom stereocenters. The minimum atomic E-state index is -4.80. The quantitative estimate of drug-likeness (QED) is 0.836. The van der Waals surface area contributed by atoms with Gasteiger partial charge in [-0.25, -0.2) is 9.97 Å². The molecule has 1 fully saturated rings. The first kappa shape index (κ1) is 19.9. The van der Waals surface area contributed by atoms with Gasteiger partial charge in [-0.1, -0.05) is 18.2 Å². The molecular weight excluding hydrogens is 375 g/mol. The highest BCUT2D eigenvalue weighted by atomic mass is 19.4. The second-order valence-electron chi connectivity index (χ2n) is 6.39. The minimum Gasteiger partial charge on any atom is -0.405 e. The van der Waals surface area contributed by atoms with Crippen molar-refractivity contribution in [2.24, 2.45) is 0 Å². The third-order valence-electron chi connectivity index (χ3n) is 4.35. The van der Waals surface area contributed by atoms with Gasteiger partial charge in [0.25, 0.3) is 5.91 Å². The molecule has 150 valence electrons. The number of carbonyl (C=O) groups excluding carboxylic acids is 1. The Morgan fingerprint density at radius 3 is 2.61 bits per heavy atom. The normalized spacial score (nSPS) is 15.4. The van der Waals surface area contributed by atoms with Gasteiger partial charge in [-0.2, -0.15) is 0 Å². The number of benzene rings is 1. The molecule has 2 heterocycles. The maximum atomic E-state index is 12.5. The largest absolute Gasteiger partial charge is 0.573 e. The molecule has 1 aromatic carbocycles. The summed E-state index contributed by atoms with van der Waals surface area (Å²) in [5.74, 6) is -0.204. The molecule has 0 aliphatic carbocycles. The Bertz CT molecular complexity index is 823. The monoisotopic (exact) mass is 395 g/mol. The molecule has 3 rings (SSSR count). The van der Waals surface area contributed by atoms with Gasteiger partial charge in [0, 0.05) is 44.4 Å². The first-order valence-corrected chi connectivity index (χ1v) is 8.69. The third kappa shape index (κ3) is 5.32. The number of hydrogen-bond acceptors (Lipinski definition) is 6. The van der Waals surface area contributed by atoms with Gasteiger partial charge < -0.3 is 19.9 Å². The summed E-state index contributed by atoms with van der Waals surface area (Å²) in [5.41, 5.74) is 0.361. The Kier molecular flexibility index (Phi) is 5.98. The van der Waals surface area contributed by atoms with Gasteiger partial charge in [-0.3, -0.25) is 4.79 Å². The molecule has 1 aliphatic rings. The number of halogens is 3. The number of carbonyl (C=O) groups is 1. The van der Waals surface area contributed by atoms with E-state index in [2.05, 4.69) is 29.8 Å². The number of para-hydroxylation sites is 1. The second kappa shape index (κ2) is 8.42. The van der Waals surface area contributed by atoms with E-state index >= 15 is 0 Å². The molecule has 1 amide bonds. The Morgan fingerprint density at radius 2 is 1.89 bits per heavy atom. The maximum absolute atomic E-state index is 12.5. The number of piperazine rings is 1. The number of ether oxygens (including phenoxy) is 1. The number of anilines is 1. The zero-order chi connectivity index (χ0) is 20.1. The number of rotatable bonds is 5. The number of amides is 1. The summed E-state index contributed by atoms with van der Waals surface area (Å²) in [6, 6.07) is 7.24. The fourth-order valence-corrected chi connectivity index (χ4v) is 2.82. The standard InChI is InChI=1S/C18H20F3N5O2/c1-25-6-8-26(9-7-25)16-10-14(23-12-24-16)17(27)22-11-13-4-2-3-5-15(13)28-18(19,20)21/h2-5,10,12H,6-9,11H2,1H3,(H,22,27). The van der Waals surface area contributed by atoms with Crippen molar-refractivity contribution in [1.29, 1.82) is 0 Å². The lowest BCUT2D eigenvalue weighted by molar-refractivity contribution is -0.274. The van der Waals surface area contributed by atoms with Gasteiger partial charge in [-0.15, -0.1) is 13.2 Å². The first-order valence-electron chi connectivity index (χ1n) is 8.69. The van der Waals surface area contributed by atoms with Crippen molar-refractivity contribution in [3.8, 4) is 5.75 Å². The van der Waals surface area contributed by atoms with Crippen LogP contribution in [0.5, 0.6) is 5.75 Å². The van der Waals surface area contributed by atoms with E-state index < -0.39 is 12.3 Å². The summed E-state index contributed by atoms with van der Waals surface area (Å²) in [6.45, 7) is 3.23. The number of nitrogens with one attached hydrogen (secondary N) is 1. The van der Waals surface area contributed by atoms with Crippen LogP contribution in [0.3, 0.4) is 0 Å². The van der Waals surface area contributed by atoms with Crippen LogP contribution in [0.2, 0.25) is 0 Å². The van der Waals surface area contributed by atoms with Gasteiger partial charge in [0.05, 0.1) is 0 Å². The number of nitrogens with zero attached hydrogens (tertiary/aromatic N) is 4. The minimum absolute atomic E-state index is 0.126. The molecule has 1 aliphatic heterocycles. The molecule has 1 N–H and O–H groups in total. The lowest BCUT2D eigenvalue weighted by Crippen LogP contribution is -2.44. The molecule has 0 bridgehead atoms. The van der Waals surface area contributed by atoms with Gasteiger partial charge in [-0.05, 0) is 13.1 Å². The van der Waals surface area contributed by atoms with E-state index in [1.807, 2.05) is 7.05 Å². The molecule has 28 heavy (non-hydrogen) atoms. The van der Waals surface area contributed by atoms with Gasteiger partial charge in [0.1, 0.15) is 23.6 Å². The number of likely N-dealkylation sites (N-methyl/N-ethyl adjacent to an activating group) is 1. The molecule has 10 heteroatoms. The van der Waals surface area contributed by atoms with Gasteiger partial charge >= 0.3 is 6.36 Å². The molecule has 0 atom stereocenters. The number of hydrogen-bond donors (Lipinski definition) is 1.